The summed E-state index contributed by atoms with van der Waals surface area (Å²) >= 11 is 12.0. The van der Waals surface area contributed by atoms with Gasteiger partial charge in [-0.25, -0.2) is 9.59 Å². The van der Waals surface area contributed by atoms with Crippen LogP contribution in [-0.2, 0) is 18.9 Å². The van der Waals surface area contributed by atoms with Crippen molar-refractivity contribution >= 4 is 35.1 Å². The largest absolute Gasteiger partial charge is 0.459 e. The van der Waals surface area contributed by atoms with Crippen molar-refractivity contribution in [3.63, 3.8) is 0 Å². The molecule has 22 heavy (non-hydrogen) atoms. The Kier molecular flexibility index (Phi) is 4.54. The van der Waals surface area contributed by atoms with Crippen LogP contribution >= 0.6 is 23.2 Å². The van der Waals surface area contributed by atoms with Crippen LogP contribution in [0.2, 0.25) is 10.0 Å². The Bertz CT molecular complexity index is 556. The molecule has 8 heteroatoms. The second-order valence-corrected chi connectivity index (χ2v) is 5.73. The second-order valence-electron chi connectivity index (χ2n) is 4.92. The Morgan fingerprint density at radius 3 is 1.64 bits per heavy atom. The van der Waals surface area contributed by atoms with E-state index in [1.165, 1.54) is 12.1 Å². The van der Waals surface area contributed by atoms with Crippen molar-refractivity contribution in [2.24, 2.45) is 0 Å². The Hall–Kier alpha value is -1.34. The zero-order valence-electron chi connectivity index (χ0n) is 11.3. The summed E-state index contributed by atoms with van der Waals surface area (Å²) < 4.78 is 20.0. The van der Waals surface area contributed by atoms with Gasteiger partial charge in [0.25, 0.3) is 0 Å². The molecular weight excluding hydrogens is 335 g/mol. The molecule has 2 unspecified atom stereocenters. The summed E-state index contributed by atoms with van der Waals surface area (Å²) in [5.41, 5.74) is 0.184. The van der Waals surface area contributed by atoms with Gasteiger partial charge in [-0.3, -0.25) is 0 Å². The van der Waals surface area contributed by atoms with E-state index in [0.29, 0.717) is 13.2 Å². The maximum absolute atomic E-state index is 11.9. The molecule has 0 amide bonds. The summed E-state index contributed by atoms with van der Waals surface area (Å²) in [6.07, 6.45) is -0.0887. The SMILES string of the molecule is O=C(OCC1CO1)c1cc(Cl)c(C(=O)OCC2CO2)cc1Cl. The fourth-order valence-corrected chi connectivity index (χ4v) is 2.16. The summed E-state index contributed by atoms with van der Waals surface area (Å²) in [6.45, 7) is 1.49. The number of esters is 2. The fourth-order valence-electron chi connectivity index (χ4n) is 1.68. The highest BCUT2D eigenvalue weighted by Crippen LogP contribution is 2.27. The van der Waals surface area contributed by atoms with Crippen LogP contribution < -0.4 is 0 Å². The molecule has 2 aliphatic heterocycles. The number of carbonyl (C=O) groups is 2. The molecule has 2 atom stereocenters. The zero-order chi connectivity index (χ0) is 15.7. The summed E-state index contributed by atoms with van der Waals surface area (Å²) in [4.78, 5) is 23.8. The molecule has 6 nitrogen and oxygen atoms in total. The summed E-state index contributed by atoms with van der Waals surface area (Å²) in [6, 6.07) is 2.59. The van der Waals surface area contributed by atoms with E-state index in [2.05, 4.69) is 0 Å². The average molecular weight is 347 g/mol. The van der Waals surface area contributed by atoms with E-state index in [-0.39, 0.29) is 46.6 Å². The van der Waals surface area contributed by atoms with E-state index in [1.807, 2.05) is 0 Å². The molecule has 0 spiro atoms. The third kappa shape index (κ3) is 3.89. The molecule has 0 radical (unpaired) electrons. The maximum atomic E-state index is 11.9. The Labute approximate surface area is 136 Å². The summed E-state index contributed by atoms with van der Waals surface area (Å²) in [5.74, 6) is -1.23. The minimum absolute atomic E-state index is 0.0444. The van der Waals surface area contributed by atoms with Crippen LogP contribution in [0.5, 0.6) is 0 Å². The molecular formula is C14H12Cl2O6. The topological polar surface area (TPSA) is 77.7 Å². The lowest BCUT2D eigenvalue weighted by Gasteiger charge is -2.09. The van der Waals surface area contributed by atoms with Crippen LogP contribution in [0.1, 0.15) is 20.7 Å². The van der Waals surface area contributed by atoms with Crippen LogP contribution in [0, 0.1) is 0 Å². The van der Waals surface area contributed by atoms with E-state index >= 15 is 0 Å². The van der Waals surface area contributed by atoms with Crippen LogP contribution in [0.15, 0.2) is 12.1 Å². The molecule has 0 aliphatic carbocycles. The molecule has 2 aliphatic rings. The first kappa shape index (κ1) is 15.6. The predicted molar refractivity (Wildman–Crippen MR) is 76.5 cm³/mol. The zero-order valence-corrected chi connectivity index (χ0v) is 12.9. The molecule has 0 bridgehead atoms. The molecule has 1 aromatic carbocycles. The van der Waals surface area contributed by atoms with E-state index in [0.717, 1.165) is 0 Å². The van der Waals surface area contributed by atoms with Crippen molar-refractivity contribution in [3.8, 4) is 0 Å². The second kappa shape index (κ2) is 6.42. The Morgan fingerprint density at radius 1 is 0.955 bits per heavy atom. The first-order valence-corrected chi connectivity index (χ1v) is 7.36. The Balaban J connectivity index is 1.68. The highest BCUT2D eigenvalue weighted by atomic mass is 35.5. The molecule has 0 saturated carbocycles. The molecule has 0 aromatic heterocycles. The quantitative estimate of drug-likeness (QED) is 0.579. The predicted octanol–water partition coefficient (Wildman–Crippen LogP) is 2.10. The normalized spacial score (nSPS) is 22.1. The number of halogens is 2. The highest BCUT2D eigenvalue weighted by Gasteiger charge is 2.27. The first-order chi connectivity index (χ1) is 10.5. The highest BCUT2D eigenvalue weighted by molar-refractivity contribution is 6.37. The summed E-state index contributed by atoms with van der Waals surface area (Å²) in [7, 11) is 0. The smallest absolute Gasteiger partial charge is 0.339 e. The molecule has 1 aromatic rings. The minimum atomic E-state index is -0.617. The number of carbonyl (C=O) groups excluding carboxylic acids is 2. The van der Waals surface area contributed by atoms with Crippen LogP contribution in [0.25, 0.3) is 0 Å². The average Bonchev–Trinajstić information content (AvgIpc) is 3.37. The van der Waals surface area contributed by atoms with Gasteiger partial charge in [-0.2, -0.15) is 0 Å². The van der Waals surface area contributed by atoms with Gasteiger partial charge in [-0.15, -0.1) is 0 Å². The van der Waals surface area contributed by atoms with Crippen LogP contribution in [0.4, 0.5) is 0 Å². The van der Waals surface area contributed by atoms with Gasteiger partial charge >= 0.3 is 11.9 Å². The molecule has 2 saturated heterocycles. The molecule has 118 valence electrons. The monoisotopic (exact) mass is 346 g/mol. The van der Waals surface area contributed by atoms with E-state index < -0.39 is 11.9 Å². The number of hydrogen-bond acceptors (Lipinski definition) is 6. The van der Waals surface area contributed by atoms with Gasteiger partial charge in [0.15, 0.2) is 0 Å². The van der Waals surface area contributed by atoms with Crippen molar-refractivity contribution < 1.29 is 28.5 Å². The van der Waals surface area contributed by atoms with Crippen LogP contribution in [0.3, 0.4) is 0 Å². The third-order valence-corrected chi connectivity index (χ3v) is 3.73. The minimum Gasteiger partial charge on any atom is -0.459 e. The molecule has 2 heterocycles. The fraction of sp³-hybridized carbons (Fsp3) is 0.429. The molecule has 0 N–H and O–H groups in total. The number of benzene rings is 1. The van der Waals surface area contributed by atoms with E-state index in [1.54, 1.807) is 0 Å². The van der Waals surface area contributed by atoms with Crippen molar-refractivity contribution in [1.82, 2.24) is 0 Å². The van der Waals surface area contributed by atoms with Gasteiger partial charge in [-0.1, -0.05) is 23.2 Å². The van der Waals surface area contributed by atoms with Gasteiger partial charge in [0.2, 0.25) is 0 Å². The van der Waals surface area contributed by atoms with Gasteiger partial charge in [0, 0.05) is 0 Å². The number of rotatable bonds is 6. The van der Waals surface area contributed by atoms with Crippen molar-refractivity contribution in [2.45, 2.75) is 12.2 Å². The first-order valence-electron chi connectivity index (χ1n) is 6.61. The number of ether oxygens (including phenoxy) is 4. The van der Waals surface area contributed by atoms with Crippen LogP contribution in [-0.4, -0.2) is 50.6 Å². The third-order valence-electron chi connectivity index (χ3n) is 3.10. The van der Waals surface area contributed by atoms with Gasteiger partial charge in [0.1, 0.15) is 25.4 Å². The van der Waals surface area contributed by atoms with Crippen molar-refractivity contribution in [3.05, 3.63) is 33.3 Å². The lowest BCUT2D eigenvalue weighted by Crippen LogP contribution is -2.13. The van der Waals surface area contributed by atoms with Gasteiger partial charge < -0.3 is 18.9 Å². The van der Waals surface area contributed by atoms with Crippen molar-refractivity contribution in [1.29, 1.82) is 0 Å². The van der Waals surface area contributed by atoms with E-state index in [9.17, 15) is 9.59 Å². The van der Waals surface area contributed by atoms with Gasteiger partial charge in [-0.05, 0) is 12.1 Å². The van der Waals surface area contributed by atoms with Gasteiger partial charge in [0.05, 0.1) is 34.4 Å². The van der Waals surface area contributed by atoms with Crippen molar-refractivity contribution in [2.75, 3.05) is 26.4 Å². The lowest BCUT2D eigenvalue weighted by molar-refractivity contribution is 0.0463. The number of epoxide rings is 2. The standard InChI is InChI=1S/C14H12Cl2O6/c15-11-1-9(13(17)21-5-7-3-19-7)12(16)2-10(11)14(18)22-6-8-4-20-8/h1-2,7-8H,3-6H2. The summed E-state index contributed by atoms with van der Waals surface area (Å²) in [5, 5.41) is 0.140. The lowest BCUT2D eigenvalue weighted by atomic mass is 10.1. The van der Waals surface area contributed by atoms with E-state index in [4.69, 9.17) is 42.1 Å². The molecule has 3 rings (SSSR count). The maximum Gasteiger partial charge on any atom is 0.339 e. The Morgan fingerprint density at radius 2 is 1.32 bits per heavy atom. The number of hydrogen-bond donors (Lipinski definition) is 0. The molecule has 2 fully saturated rings.